The number of hydrogen-bond acceptors (Lipinski definition) is 4. The highest BCUT2D eigenvalue weighted by Gasteiger charge is 1.99. The number of azo groups is 1. The van der Waals surface area contributed by atoms with Crippen molar-refractivity contribution >= 4 is 23.0 Å². The molecule has 2 aromatic rings. The zero-order valence-electron chi connectivity index (χ0n) is 12.7. The quantitative estimate of drug-likeness (QED) is 0.813. The summed E-state index contributed by atoms with van der Waals surface area (Å²) in [6.45, 7) is 0. The summed E-state index contributed by atoms with van der Waals surface area (Å²) in [5.41, 5.74) is 3.63. The van der Waals surface area contributed by atoms with Gasteiger partial charge in [-0.1, -0.05) is 12.1 Å². The Bertz CT molecular complexity index is 647. The Kier molecular flexibility index (Phi) is 5.25. The first-order valence-electron chi connectivity index (χ1n) is 7.04. The van der Waals surface area contributed by atoms with Crippen LogP contribution in [-0.2, 0) is 11.2 Å². The van der Waals surface area contributed by atoms with Crippen LogP contribution in [0.4, 0.5) is 17.1 Å². The number of carbonyl (C=O) groups is 1. The largest absolute Gasteiger partial charge is 0.481 e. The van der Waals surface area contributed by atoms with E-state index in [0.29, 0.717) is 6.42 Å². The summed E-state index contributed by atoms with van der Waals surface area (Å²) in [5.74, 6) is -0.787. The molecule has 2 rings (SSSR count). The molecule has 0 saturated heterocycles. The molecule has 0 spiro atoms. The summed E-state index contributed by atoms with van der Waals surface area (Å²) in [6.07, 6.45) is 0.665. The Morgan fingerprint density at radius 3 is 1.91 bits per heavy atom. The van der Waals surface area contributed by atoms with Gasteiger partial charge < -0.3 is 10.0 Å². The maximum atomic E-state index is 10.5. The Balaban J connectivity index is 1.99. The summed E-state index contributed by atoms with van der Waals surface area (Å²) >= 11 is 0. The van der Waals surface area contributed by atoms with E-state index in [9.17, 15) is 4.79 Å². The lowest BCUT2D eigenvalue weighted by Gasteiger charge is -2.11. The molecule has 0 heterocycles. The molecule has 22 heavy (non-hydrogen) atoms. The number of nitrogens with zero attached hydrogens (tertiary/aromatic N) is 3. The van der Waals surface area contributed by atoms with Gasteiger partial charge in [0.25, 0.3) is 0 Å². The van der Waals surface area contributed by atoms with Gasteiger partial charge >= 0.3 is 5.97 Å². The van der Waals surface area contributed by atoms with Crippen LogP contribution in [0.5, 0.6) is 0 Å². The molecule has 0 aliphatic carbocycles. The normalized spacial score (nSPS) is 10.8. The van der Waals surface area contributed by atoms with Crippen molar-refractivity contribution in [3.8, 4) is 0 Å². The fourth-order valence-corrected chi connectivity index (χ4v) is 1.91. The molecule has 0 saturated carbocycles. The highest BCUT2D eigenvalue weighted by atomic mass is 16.4. The fraction of sp³-hybridized carbons (Fsp3) is 0.235. The molecule has 0 fully saturated rings. The van der Waals surface area contributed by atoms with Crippen molar-refractivity contribution < 1.29 is 9.90 Å². The fourth-order valence-electron chi connectivity index (χ4n) is 1.91. The molecule has 0 aliphatic heterocycles. The van der Waals surface area contributed by atoms with Crippen LogP contribution in [0.2, 0.25) is 0 Å². The molecule has 0 amide bonds. The summed E-state index contributed by atoms with van der Waals surface area (Å²) in [4.78, 5) is 12.6. The van der Waals surface area contributed by atoms with Gasteiger partial charge in [0.1, 0.15) is 0 Å². The van der Waals surface area contributed by atoms with Crippen LogP contribution in [0.1, 0.15) is 12.0 Å². The minimum absolute atomic E-state index is 0.138. The van der Waals surface area contributed by atoms with Gasteiger partial charge in [0.05, 0.1) is 11.4 Å². The number of aryl methyl sites for hydroxylation is 1. The first kappa shape index (κ1) is 15.7. The van der Waals surface area contributed by atoms with Crippen molar-refractivity contribution in [2.75, 3.05) is 19.0 Å². The summed E-state index contributed by atoms with van der Waals surface area (Å²) in [7, 11) is 3.98. The molecule has 5 heteroatoms. The van der Waals surface area contributed by atoms with Gasteiger partial charge in [-0.25, -0.2) is 0 Å². The van der Waals surface area contributed by atoms with Crippen molar-refractivity contribution in [1.82, 2.24) is 0 Å². The summed E-state index contributed by atoms with van der Waals surface area (Å²) in [5, 5.41) is 17.0. The molecule has 0 unspecified atom stereocenters. The number of carboxylic acid groups (broad SMARTS) is 1. The lowest BCUT2D eigenvalue weighted by Crippen LogP contribution is -2.07. The second-order valence-corrected chi connectivity index (χ2v) is 5.17. The predicted octanol–water partition coefficient (Wildman–Crippen LogP) is 4.19. The molecular weight excluding hydrogens is 278 g/mol. The van der Waals surface area contributed by atoms with Crippen LogP contribution < -0.4 is 4.90 Å². The van der Waals surface area contributed by atoms with Crippen LogP contribution in [0.25, 0.3) is 0 Å². The second-order valence-electron chi connectivity index (χ2n) is 5.17. The topological polar surface area (TPSA) is 65.3 Å². The smallest absolute Gasteiger partial charge is 0.303 e. The lowest BCUT2D eigenvalue weighted by atomic mass is 10.1. The molecule has 5 nitrogen and oxygen atoms in total. The third kappa shape index (κ3) is 4.70. The maximum Gasteiger partial charge on any atom is 0.303 e. The second kappa shape index (κ2) is 7.36. The average Bonchev–Trinajstić information content (AvgIpc) is 2.52. The van der Waals surface area contributed by atoms with Crippen LogP contribution >= 0.6 is 0 Å². The van der Waals surface area contributed by atoms with E-state index in [4.69, 9.17) is 5.11 Å². The minimum Gasteiger partial charge on any atom is -0.481 e. The van der Waals surface area contributed by atoms with E-state index in [0.717, 1.165) is 22.6 Å². The van der Waals surface area contributed by atoms with Crippen LogP contribution in [0, 0.1) is 0 Å². The SMILES string of the molecule is CN(C)c1ccc(N=Nc2ccc(CCC(=O)O)cc2)cc1. The molecule has 1 N–H and O–H groups in total. The van der Waals surface area contributed by atoms with Crippen molar-refractivity contribution in [2.24, 2.45) is 10.2 Å². The van der Waals surface area contributed by atoms with E-state index < -0.39 is 5.97 Å². The molecule has 114 valence electrons. The molecule has 2 aromatic carbocycles. The van der Waals surface area contributed by atoms with E-state index >= 15 is 0 Å². The van der Waals surface area contributed by atoms with E-state index in [1.165, 1.54) is 0 Å². The standard InChI is InChI=1S/C17H19N3O2/c1-20(2)16-10-8-15(9-11-16)19-18-14-6-3-13(4-7-14)5-12-17(21)22/h3-4,6-11H,5,12H2,1-2H3,(H,21,22). The number of anilines is 1. The van der Waals surface area contributed by atoms with E-state index in [1.807, 2.05) is 67.5 Å². The highest BCUT2D eigenvalue weighted by Crippen LogP contribution is 2.21. The van der Waals surface area contributed by atoms with Gasteiger partial charge in [0.15, 0.2) is 0 Å². The Hall–Kier alpha value is -2.69. The molecule has 0 aromatic heterocycles. The number of hydrogen-bond donors (Lipinski definition) is 1. The van der Waals surface area contributed by atoms with Crippen molar-refractivity contribution in [3.63, 3.8) is 0 Å². The molecule has 0 atom stereocenters. The zero-order chi connectivity index (χ0) is 15.9. The van der Waals surface area contributed by atoms with Crippen molar-refractivity contribution in [1.29, 1.82) is 0 Å². The third-order valence-electron chi connectivity index (χ3n) is 3.21. The highest BCUT2D eigenvalue weighted by molar-refractivity contribution is 5.67. The monoisotopic (exact) mass is 297 g/mol. The number of benzene rings is 2. The summed E-state index contributed by atoms with van der Waals surface area (Å²) in [6, 6.07) is 15.3. The lowest BCUT2D eigenvalue weighted by molar-refractivity contribution is -0.136. The maximum absolute atomic E-state index is 10.5. The van der Waals surface area contributed by atoms with Gasteiger partial charge in [-0.05, 0) is 48.4 Å². The van der Waals surface area contributed by atoms with Crippen molar-refractivity contribution in [3.05, 3.63) is 54.1 Å². The first-order chi connectivity index (χ1) is 10.5. The molecule has 0 radical (unpaired) electrons. The van der Waals surface area contributed by atoms with Gasteiger partial charge in [-0.3, -0.25) is 4.79 Å². The minimum atomic E-state index is -0.787. The van der Waals surface area contributed by atoms with Crippen molar-refractivity contribution in [2.45, 2.75) is 12.8 Å². The number of aliphatic carboxylic acids is 1. The Labute approximate surface area is 129 Å². The molecule has 0 bridgehead atoms. The van der Waals surface area contributed by atoms with Gasteiger partial charge in [-0.2, -0.15) is 10.2 Å². The molecular formula is C17H19N3O2. The van der Waals surface area contributed by atoms with Crippen LogP contribution in [-0.4, -0.2) is 25.2 Å². The number of carboxylic acids is 1. The average molecular weight is 297 g/mol. The first-order valence-corrected chi connectivity index (χ1v) is 7.04. The van der Waals surface area contributed by atoms with Crippen LogP contribution in [0.15, 0.2) is 58.8 Å². The van der Waals surface area contributed by atoms with Crippen LogP contribution in [0.3, 0.4) is 0 Å². The Morgan fingerprint density at radius 1 is 0.955 bits per heavy atom. The Morgan fingerprint density at radius 2 is 1.45 bits per heavy atom. The van der Waals surface area contributed by atoms with Gasteiger partial charge in [-0.15, -0.1) is 0 Å². The third-order valence-corrected chi connectivity index (χ3v) is 3.21. The molecule has 0 aliphatic rings. The predicted molar refractivity (Wildman–Crippen MR) is 87.3 cm³/mol. The van der Waals surface area contributed by atoms with E-state index in [-0.39, 0.29) is 6.42 Å². The van der Waals surface area contributed by atoms with Gasteiger partial charge in [0.2, 0.25) is 0 Å². The van der Waals surface area contributed by atoms with E-state index in [1.54, 1.807) is 0 Å². The summed E-state index contributed by atoms with van der Waals surface area (Å²) < 4.78 is 0. The van der Waals surface area contributed by atoms with Gasteiger partial charge in [0, 0.05) is 26.2 Å². The number of rotatable bonds is 6. The van der Waals surface area contributed by atoms with E-state index in [2.05, 4.69) is 10.2 Å². The zero-order valence-corrected chi connectivity index (χ0v) is 12.7.